The molecule has 0 fully saturated rings. The molecule has 11 heteroatoms. The van der Waals surface area contributed by atoms with Gasteiger partial charge in [0.15, 0.2) is 16.0 Å². The third-order valence-corrected chi connectivity index (χ3v) is 6.82. The molecular formula is C24H21N5O4S2. The van der Waals surface area contributed by atoms with Crippen LogP contribution in [0.2, 0.25) is 0 Å². The van der Waals surface area contributed by atoms with Crippen LogP contribution in [0.4, 0.5) is 5.13 Å². The molecule has 0 aliphatic carbocycles. The molecule has 0 aliphatic rings. The summed E-state index contributed by atoms with van der Waals surface area (Å²) in [5.74, 6) is 2.57. The van der Waals surface area contributed by atoms with Gasteiger partial charge in [-0.2, -0.15) is 0 Å². The molecule has 0 atom stereocenters. The molecule has 5 rings (SSSR count). The van der Waals surface area contributed by atoms with Crippen LogP contribution in [0.25, 0.3) is 27.5 Å². The Labute approximate surface area is 209 Å². The van der Waals surface area contributed by atoms with Gasteiger partial charge in [-0.25, -0.2) is 4.98 Å². The number of carbonyl (C=O) groups is 1. The number of anilines is 1. The van der Waals surface area contributed by atoms with Crippen molar-refractivity contribution in [3.63, 3.8) is 0 Å². The molecule has 9 nitrogen and oxygen atoms in total. The van der Waals surface area contributed by atoms with Crippen molar-refractivity contribution in [2.75, 3.05) is 24.8 Å². The van der Waals surface area contributed by atoms with E-state index in [-0.39, 0.29) is 11.7 Å². The quantitative estimate of drug-likeness (QED) is 0.269. The number of aromatic nitrogens is 4. The zero-order chi connectivity index (χ0) is 24.2. The van der Waals surface area contributed by atoms with Gasteiger partial charge in [-0.05, 0) is 61.5 Å². The summed E-state index contributed by atoms with van der Waals surface area (Å²) in [5, 5.41) is 12.6. The molecule has 2 aromatic carbocycles. The van der Waals surface area contributed by atoms with Crippen molar-refractivity contribution in [3.8, 4) is 28.8 Å². The van der Waals surface area contributed by atoms with Gasteiger partial charge in [0.2, 0.25) is 11.7 Å². The smallest absolute Gasteiger partial charge is 0.236 e. The van der Waals surface area contributed by atoms with E-state index < -0.39 is 0 Å². The predicted octanol–water partition coefficient (Wildman–Crippen LogP) is 5.28. The fourth-order valence-corrected chi connectivity index (χ4v) is 5.05. The van der Waals surface area contributed by atoms with Crippen LogP contribution in [0.15, 0.2) is 70.4 Å². The third kappa shape index (κ3) is 5.00. The Kier molecular flexibility index (Phi) is 6.68. The lowest BCUT2D eigenvalue weighted by molar-refractivity contribution is -0.113. The molecule has 3 heterocycles. The van der Waals surface area contributed by atoms with Gasteiger partial charge in [0.1, 0.15) is 11.5 Å². The maximum atomic E-state index is 12.7. The second-order valence-corrected chi connectivity index (χ2v) is 9.21. The molecule has 0 spiro atoms. The Balaban J connectivity index is 1.34. The molecular weight excluding hydrogens is 486 g/mol. The van der Waals surface area contributed by atoms with Crippen LogP contribution < -0.4 is 14.8 Å². The first-order valence-corrected chi connectivity index (χ1v) is 12.5. The number of thioether (sulfide) groups is 1. The summed E-state index contributed by atoms with van der Waals surface area (Å²) in [6.07, 6.45) is 1.58. The number of amides is 1. The van der Waals surface area contributed by atoms with Crippen LogP contribution in [0.1, 0.15) is 6.92 Å². The molecule has 178 valence electrons. The van der Waals surface area contributed by atoms with Gasteiger partial charge in [-0.3, -0.25) is 9.36 Å². The molecule has 0 unspecified atom stereocenters. The van der Waals surface area contributed by atoms with Gasteiger partial charge in [-0.15, -0.1) is 10.2 Å². The van der Waals surface area contributed by atoms with Crippen molar-refractivity contribution < 1.29 is 18.7 Å². The third-order valence-electron chi connectivity index (χ3n) is 4.96. The molecule has 0 bridgehead atoms. The van der Waals surface area contributed by atoms with E-state index in [4.69, 9.17) is 13.9 Å². The number of ether oxygens (including phenoxy) is 2. The lowest BCUT2D eigenvalue weighted by Gasteiger charge is -2.10. The number of thiazole rings is 1. The zero-order valence-electron chi connectivity index (χ0n) is 18.9. The number of nitrogens with zero attached hydrogens (tertiary/aromatic N) is 4. The fourth-order valence-electron chi connectivity index (χ4n) is 3.39. The zero-order valence-corrected chi connectivity index (χ0v) is 20.6. The minimum atomic E-state index is -0.193. The Morgan fingerprint density at radius 3 is 2.71 bits per heavy atom. The topological polar surface area (TPSA) is 104 Å². The van der Waals surface area contributed by atoms with E-state index in [1.807, 2.05) is 60.0 Å². The molecule has 1 N–H and O–H groups in total. The highest BCUT2D eigenvalue weighted by atomic mass is 32.2. The van der Waals surface area contributed by atoms with Gasteiger partial charge in [0, 0.05) is 0 Å². The van der Waals surface area contributed by atoms with Crippen LogP contribution in [-0.2, 0) is 4.79 Å². The lowest BCUT2D eigenvalue weighted by atomic mass is 10.3. The van der Waals surface area contributed by atoms with Crippen molar-refractivity contribution in [2.24, 2.45) is 0 Å². The second kappa shape index (κ2) is 10.2. The van der Waals surface area contributed by atoms with E-state index in [1.165, 1.54) is 23.1 Å². The highest BCUT2D eigenvalue weighted by Gasteiger charge is 2.19. The number of furan rings is 1. The first-order chi connectivity index (χ1) is 17.1. The van der Waals surface area contributed by atoms with Gasteiger partial charge < -0.3 is 19.2 Å². The minimum Gasteiger partial charge on any atom is -0.497 e. The van der Waals surface area contributed by atoms with Crippen molar-refractivity contribution in [1.29, 1.82) is 0 Å². The molecule has 0 aliphatic heterocycles. The number of rotatable bonds is 9. The van der Waals surface area contributed by atoms with E-state index in [0.29, 0.717) is 28.5 Å². The average molecular weight is 508 g/mol. The summed E-state index contributed by atoms with van der Waals surface area (Å²) in [6.45, 7) is 2.52. The number of hydrogen-bond donors (Lipinski definition) is 1. The average Bonchev–Trinajstić information content (AvgIpc) is 3.62. The number of benzene rings is 2. The monoisotopic (exact) mass is 507 g/mol. The SMILES string of the molecule is CCOc1ccc(-n2c(SCC(=O)Nc3nc4ccc(OC)cc4s3)nnc2-c2ccco2)cc1. The summed E-state index contributed by atoms with van der Waals surface area (Å²) < 4.78 is 19.2. The maximum absolute atomic E-state index is 12.7. The predicted molar refractivity (Wildman–Crippen MR) is 136 cm³/mol. The van der Waals surface area contributed by atoms with Crippen LogP contribution >= 0.6 is 23.1 Å². The molecule has 0 saturated heterocycles. The van der Waals surface area contributed by atoms with Crippen LogP contribution in [0, 0.1) is 0 Å². The Bertz CT molecular complexity index is 1440. The van der Waals surface area contributed by atoms with Gasteiger partial charge in [0.05, 0.1) is 41.6 Å². The Morgan fingerprint density at radius 2 is 1.97 bits per heavy atom. The molecule has 5 aromatic rings. The number of nitrogens with one attached hydrogen (secondary N) is 1. The van der Waals surface area contributed by atoms with E-state index in [9.17, 15) is 4.79 Å². The van der Waals surface area contributed by atoms with Crippen LogP contribution in [0.5, 0.6) is 11.5 Å². The molecule has 35 heavy (non-hydrogen) atoms. The van der Waals surface area contributed by atoms with E-state index >= 15 is 0 Å². The molecule has 1 amide bonds. The first kappa shape index (κ1) is 22.9. The minimum absolute atomic E-state index is 0.132. The van der Waals surface area contributed by atoms with Crippen molar-refractivity contribution in [2.45, 2.75) is 12.1 Å². The van der Waals surface area contributed by atoms with Gasteiger partial charge >= 0.3 is 0 Å². The van der Waals surface area contributed by atoms with Crippen LogP contribution in [-0.4, -0.2) is 45.1 Å². The largest absolute Gasteiger partial charge is 0.497 e. The fraction of sp³-hybridized carbons (Fsp3) is 0.167. The molecule has 0 radical (unpaired) electrons. The highest BCUT2D eigenvalue weighted by molar-refractivity contribution is 7.99. The standard InChI is InChI=1S/C24H21N5O4S2/c1-3-32-16-8-6-15(7-9-16)29-22(19-5-4-12-33-19)27-28-24(29)34-14-21(30)26-23-25-18-11-10-17(31-2)13-20(18)35-23/h4-13H,3,14H2,1-2H3,(H,25,26,30). The number of methoxy groups -OCH3 is 1. The first-order valence-electron chi connectivity index (χ1n) is 10.7. The highest BCUT2D eigenvalue weighted by Crippen LogP contribution is 2.31. The molecule has 0 saturated carbocycles. The Hall–Kier alpha value is -3.83. The Morgan fingerprint density at radius 1 is 1.14 bits per heavy atom. The van der Waals surface area contributed by atoms with Crippen molar-refractivity contribution in [3.05, 3.63) is 60.9 Å². The normalized spacial score (nSPS) is 11.0. The number of hydrogen-bond acceptors (Lipinski definition) is 9. The van der Waals surface area contributed by atoms with Gasteiger partial charge in [0.25, 0.3) is 0 Å². The van der Waals surface area contributed by atoms with Crippen molar-refractivity contribution >= 4 is 44.4 Å². The van der Waals surface area contributed by atoms with E-state index in [2.05, 4.69) is 20.5 Å². The second-order valence-electron chi connectivity index (χ2n) is 7.24. The molecule has 3 aromatic heterocycles. The summed E-state index contributed by atoms with van der Waals surface area (Å²) in [5.41, 5.74) is 1.63. The summed E-state index contributed by atoms with van der Waals surface area (Å²) in [4.78, 5) is 17.2. The lowest BCUT2D eigenvalue weighted by Crippen LogP contribution is -2.14. The number of carbonyl (C=O) groups excluding carboxylic acids is 1. The van der Waals surface area contributed by atoms with Crippen molar-refractivity contribution in [1.82, 2.24) is 19.7 Å². The maximum Gasteiger partial charge on any atom is 0.236 e. The summed E-state index contributed by atoms with van der Waals surface area (Å²) in [7, 11) is 1.62. The summed E-state index contributed by atoms with van der Waals surface area (Å²) >= 11 is 2.67. The van der Waals surface area contributed by atoms with Crippen LogP contribution in [0.3, 0.4) is 0 Å². The number of fused-ring (bicyclic) bond motifs is 1. The summed E-state index contributed by atoms with van der Waals surface area (Å²) in [6, 6.07) is 16.8. The van der Waals surface area contributed by atoms with E-state index in [1.54, 1.807) is 19.4 Å². The van der Waals surface area contributed by atoms with E-state index in [0.717, 1.165) is 27.4 Å². The van der Waals surface area contributed by atoms with Gasteiger partial charge in [-0.1, -0.05) is 23.1 Å².